The molecule has 0 fully saturated rings. The summed E-state index contributed by atoms with van der Waals surface area (Å²) in [6, 6.07) is 13.4. The second-order valence-corrected chi connectivity index (χ2v) is 4.25. The van der Waals surface area contributed by atoms with E-state index in [4.69, 9.17) is 22.1 Å². The van der Waals surface area contributed by atoms with E-state index in [2.05, 4.69) is 0 Å². The van der Waals surface area contributed by atoms with Crippen LogP contribution in [-0.4, -0.2) is 0 Å². The summed E-state index contributed by atoms with van der Waals surface area (Å²) in [5, 5.41) is 0.608. The first-order valence-electron chi connectivity index (χ1n) is 5.42. The van der Waals surface area contributed by atoms with Gasteiger partial charge in [-0.2, -0.15) is 0 Å². The third kappa shape index (κ3) is 2.78. The van der Waals surface area contributed by atoms with Crippen LogP contribution in [0, 0.1) is 6.92 Å². The van der Waals surface area contributed by atoms with Crippen LogP contribution in [0.25, 0.3) is 0 Å². The number of ether oxygens (including phenoxy) is 1. The van der Waals surface area contributed by atoms with Gasteiger partial charge in [0.1, 0.15) is 11.5 Å². The van der Waals surface area contributed by atoms with E-state index in [9.17, 15) is 0 Å². The van der Waals surface area contributed by atoms with E-state index < -0.39 is 0 Å². The molecule has 2 rings (SSSR count). The molecular formula is C14H14ClNO. The van der Waals surface area contributed by atoms with Crippen LogP contribution in [0.15, 0.2) is 42.5 Å². The molecule has 3 heteroatoms. The first kappa shape index (κ1) is 12.0. The highest BCUT2D eigenvalue weighted by atomic mass is 35.5. The molecule has 0 unspecified atom stereocenters. The molecule has 0 aliphatic rings. The molecule has 88 valence electrons. The van der Waals surface area contributed by atoms with Crippen molar-refractivity contribution < 1.29 is 4.74 Å². The lowest BCUT2D eigenvalue weighted by Gasteiger charge is -2.11. The Morgan fingerprint density at radius 2 is 1.88 bits per heavy atom. The number of hydrogen-bond acceptors (Lipinski definition) is 2. The summed E-state index contributed by atoms with van der Waals surface area (Å²) in [6.45, 7) is 2.43. The van der Waals surface area contributed by atoms with Crippen molar-refractivity contribution in [2.45, 2.75) is 13.5 Å². The largest absolute Gasteiger partial charge is 0.455 e. The van der Waals surface area contributed by atoms with Crippen molar-refractivity contribution in [2.24, 2.45) is 5.73 Å². The lowest BCUT2D eigenvalue weighted by molar-refractivity contribution is 0.476. The van der Waals surface area contributed by atoms with Gasteiger partial charge in [-0.1, -0.05) is 35.9 Å². The number of benzene rings is 2. The van der Waals surface area contributed by atoms with Gasteiger partial charge in [0.25, 0.3) is 0 Å². The van der Waals surface area contributed by atoms with Crippen molar-refractivity contribution in [3.05, 3.63) is 58.6 Å². The summed E-state index contributed by atoms with van der Waals surface area (Å²) in [5.41, 5.74) is 7.72. The second-order valence-electron chi connectivity index (χ2n) is 3.85. The fraction of sp³-hybridized carbons (Fsp3) is 0.143. The monoisotopic (exact) mass is 247 g/mol. The quantitative estimate of drug-likeness (QED) is 0.893. The molecule has 0 radical (unpaired) electrons. The topological polar surface area (TPSA) is 35.2 Å². The molecule has 0 saturated carbocycles. The van der Waals surface area contributed by atoms with Crippen molar-refractivity contribution >= 4 is 11.6 Å². The van der Waals surface area contributed by atoms with Crippen LogP contribution in [0.2, 0.25) is 5.02 Å². The molecule has 2 aromatic carbocycles. The maximum absolute atomic E-state index is 6.12. The summed E-state index contributed by atoms with van der Waals surface area (Å²) >= 11 is 6.12. The summed E-state index contributed by atoms with van der Waals surface area (Å²) in [7, 11) is 0. The smallest absolute Gasteiger partial charge is 0.146 e. The fourth-order valence-electron chi connectivity index (χ4n) is 1.58. The van der Waals surface area contributed by atoms with Gasteiger partial charge in [-0.25, -0.2) is 0 Å². The maximum atomic E-state index is 6.12. The third-order valence-corrected chi connectivity index (χ3v) is 2.80. The highest BCUT2D eigenvalue weighted by molar-refractivity contribution is 6.32. The first-order valence-corrected chi connectivity index (χ1v) is 5.80. The van der Waals surface area contributed by atoms with E-state index >= 15 is 0 Å². The molecule has 0 atom stereocenters. The molecule has 2 nitrogen and oxygen atoms in total. The normalized spacial score (nSPS) is 10.3. The van der Waals surface area contributed by atoms with Gasteiger partial charge in [-0.05, 0) is 30.7 Å². The molecule has 0 heterocycles. The predicted molar refractivity (Wildman–Crippen MR) is 70.6 cm³/mol. The van der Waals surface area contributed by atoms with Gasteiger partial charge in [0.05, 0.1) is 5.02 Å². The fourth-order valence-corrected chi connectivity index (χ4v) is 1.85. The minimum absolute atomic E-state index is 0.444. The van der Waals surface area contributed by atoms with Crippen LogP contribution in [0.5, 0.6) is 11.5 Å². The van der Waals surface area contributed by atoms with Crippen molar-refractivity contribution in [3.8, 4) is 11.5 Å². The average molecular weight is 248 g/mol. The van der Waals surface area contributed by atoms with Gasteiger partial charge in [0.15, 0.2) is 0 Å². The zero-order valence-corrected chi connectivity index (χ0v) is 10.4. The Kier molecular flexibility index (Phi) is 3.67. The first-order chi connectivity index (χ1) is 8.20. The van der Waals surface area contributed by atoms with Crippen molar-refractivity contribution in [1.82, 2.24) is 0 Å². The summed E-state index contributed by atoms with van der Waals surface area (Å²) < 4.78 is 5.77. The summed E-state index contributed by atoms with van der Waals surface area (Å²) in [6.07, 6.45) is 0. The predicted octanol–water partition coefficient (Wildman–Crippen LogP) is 3.90. The van der Waals surface area contributed by atoms with E-state index in [0.29, 0.717) is 17.3 Å². The number of aryl methyl sites for hydroxylation is 1. The zero-order chi connectivity index (χ0) is 12.3. The molecule has 0 spiro atoms. The second kappa shape index (κ2) is 5.21. The Balaban J connectivity index is 2.31. The van der Waals surface area contributed by atoms with Crippen LogP contribution in [0.1, 0.15) is 11.1 Å². The van der Waals surface area contributed by atoms with Gasteiger partial charge in [0, 0.05) is 12.1 Å². The lowest BCUT2D eigenvalue weighted by atomic mass is 10.2. The number of para-hydroxylation sites is 1. The van der Waals surface area contributed by atoms with E-state index in [-0.39, 0.29) is 0 Å². The molecule has 0 aromatic heterocycles. The van der Waals surface area contributed by atoms with Crippen LogP contribution in [0.4, 0.5) is 0 Å². The Labute approximate surface area is 106 Å². The van der Waals surface area contributed by atoms with Crippen molar-refractivity contribution in [1.29, 1.82) is 0 Å². The molecule has 0 bridgehead atoms. The highest BCUT2D eigenvalue weighted by Gasteiger charge is 2.06. The molecule has 2 aromatic rings. The van der Waals surface area contributed by atoms with Gasteiger partial charge < -0.3 is 10.5 Å². The molecule has 2 N–H and O–H groups in total. The molecule has 17 heavy (non-hydrogen) atoms. The molecular weight excluding hydrogens is 234 g/mol. The van der Waals surface area contributed by atoms with Crippen LogP contribution in [0.3, 0.4) is 0 Å². The molecule has 0 aliphatic heterocycles. The Bertz CT molecular complexity index is 525. The van der Waals surface area contributed by atoms with Crippen molar-refractivity contribution in [3.63, 3.8) is 0 Å². The van der Waals surface area contributed by atoms with Crippen LogP contribution in [-0.2, 0) is 6.54 Å². The highest BCUT2D eigenvalue weighted by Crippen LogP contribution is 2.31. The molecule has 0 saturated heterocycles. The van der Waals surface area contributed by atoms with Gasteiger partial charge in [0.2, 0.25) is 0 Å². The standard InChI is InChI=1S/C14H14ClNO/c1-10-6-7-14(12(15)8-10)17-13-5-3-2-4-11(13)9-16/h2-8H,9,16H2,1H3. The van der Waals surface area contributed by atoms with Gasteiger partial charge in [-0.3, -0.25) is 0 Å². The van der Waals surface area contributed by atoms with Crippen molar-refractivity contribution in [2.75, 3.05) is 0 Å². The number of rotatable bonds is 3. The lowest BCUT2D eigenvalue weighted by Crippen LogP contribution is -1.99. The van der Waals surface area contributed by atoms with E-state index in [1.165, 1.54) is 0 Å². The van der Waals surface area contributed by atoms with E-state index in [1.54, 1.807) is 0 Å². The SMILES string of the molecule is Cc1ccc(Oc2ccccc2CN)c(Cl)c1. The maximum Gasteiger partial charge on any atom is 0.146 e. The average Bonchev–Trinajstić information content (AvgIpc) is 2.33. The number of halogens is 1. The zero-order valence-electron chi connectivity index (χ0n) is 9.61. The van der Waals surface area contributed by atoms with Crippen LogP contribution >= 0.6 is 11.6 Å². The Morgan fingerprint density at radius 1 is 1.12 bits per heavy atom. The summed E-state index contributed by atoms with van der Waals surface area (Å²) in [5.74, 6) is 1.40. The molecule has 0 amide bonds. The Morgan fingerprint density at radius 3 is 2.59 bits per heavy atom. The molecule has 0 aliphatic carbocycles. The van der Waals surface area contributed by atoms with Gasteiger partial charge in [-0.15, -0.1) is 0 Å². The van der Waals surface area contributed by atoms with E-state index in [1.807, 2.05) is 49.4 Å². The van der Waals surface area contributed by atoms with Gasteiger partial charge >= 0.3 is 0 Å². The number of hydrogen-bond donors (Lipinski definition) is 1. The van der Waals surface area contributed by atoms with Crippen LogP contribution < -0.4 is 10.5 Å². The Hall–Kier alpha value is -1.51. The minimum Gasteiger partial charge on any atom is -0.455 e. The third-order valence-electron chi connectivity index (χ3n) is 2.50. The number of nitrogens with two attached hydrogens (primary N) is 1. The minimum atomic E-state index is 0.444. The van der Waals surface area contributed by atoms with E-state index in [0.717, 1.165) is 16.9 Å². The summed E-state index contributed by atoms with van der Waals surface area (Å²) in [4.78, 5) is 0.